The molecule has 1 amide bonds. The van der Waals surface area contributed by atoms with Crippen molar-refractivity contribution in [2.75, 3.05) is 19.0 Å². The number of benzene rings is 2. The van der Waals surface area contributed by atoms with Crippen LogP contribution in [0.2, 0.25) is 0 Å². The zero-order valence-electron chi connectivity index (χ0n) is 18.9. The zero-order valence-corrected chi connectivity index (χ0v) is 18.9. The summed E-state index contributed by atoms with van der Waals surface area (Å²) in [5.74, 6) is -0.720. The molecule has 0 atom stereocenters. The van der Waals surface area contributed by atoms with Crippen LogP contribution >= 0.6 is 0 Å². The van der Waals surface area contributed by atoms with Crippen molar-refractivity contribution in [2.24, 2.45) is 0 Å². The van der Waals surface area contributed by atoms with E-state index >= 15 is 0 Å². The van der Waals surface area contributed by atoms with Gasteiger partial charge in [0.2, 0.25) is 5.91 Å². The van der Waals surface area contributed by atoms with Crippen LogP contribution in [-0.4, -0.2) is 43.4 Å². The van der Waals surface area contributed by atoms with Gasteiger partial charge in [-0.2, -0.15) is 0 Å². The number of carbonyl (C=O) groups is 1. The Balaban J connectivity index is 1.77. The van der Waals surface area contributed by atoms with Gasteiger partial charge in [0.05, 0.1) is 25.2 Å². The van der Waals surface area contributed by atoms with E-state index in [1.807, 2.05) is 37.3 Å². The molecule has 10 nitrogen and oxygen atoms in total. The Morgan fingerprint density at radius 1 is 1.12 bits per heavy atom. The molecule has 0 spiro atoms. The molecule has 0 unspecified atom stereocenters. The number of fused-ring (bicyclic) bond motifs is 1. The number of ether oxygens (including phenoxy) is 1. The Bertz CT molecular complexity index is 1450. The molecule has 176 valence electrons. The van der Waals surface area contributed by atoms with Crippen molar-refractivity contribution < 1.29 is 14.6 Å². The lowest BCUT2D eigenvalue weighted by Gasteiger charge is -2.13. The number of aryl methyl sites for hydroxylation is 1. The first kappa shape index (κ1) is 23.0. The summed E-state index contributed by atoms with van der Waals surface area (Å²) < 4.78 is 9.00. The Morgan fingerprint density at radius 3 is 2.59 bits per heavy atom. The number of amides is 1. The zero-order chi connectivity index (χ0) is 24.2. The van der Waals surface area contributed by atoms with Crippen molar-refractivity contribution in [2.45, 2.75) is 26.6 Å². The van der Waals surface area contributed by atoms with Crippen LogP contribution in [-0.2, 0) is 29.2 Å². The van der Waals surface area contributed by atoms with Gasteiger partial charge in [0, 0.05) is 13.7 Å². The monoisotopic (exact) mass is 463 g/mol. The van der Waals surface area contributed by atoms with E-state index in [9.17, 15) is 19.5 Å². The first-order valence-corrected chi connectivity index (χ1v) is 10.7. The molecule has 0 fully saturated rings. The molecule has 0 saturated carbocycles. The van der Waals surface area contributed by atoms with Gasteiger partial charge in [-0.1, -0.05) is 36.4 Å². The van der Waals surface area contributed by atoms with Gasteiger partial charge in [-0.05, 0) is 30.2 Å². The van der Waals surface area contributed by atoms with Crippen LogP contribution in [0.3, 0.4) is 0 Å². The highest BCUT2D eigenvalue weighted by Gasteiger charge is 2.20. The largest absolute Gasteiger partial charge is 0.506 e. The number of hydrogen-bond acceptors (Lipinski definition) is 6. The van der Waals surface area contributed by atoms with E-state index in [0.29, 0.717) is 13.2 Å². The van der Waals surface area contributed by atoms with Gasteiger partial charge in [0.1, 0.15) is 12.3 Å². The molecular formula is C24H25N5O5. The van der Waals surface area contributed by atoms with Crippen molar-refractivity contribution in [3.8, 4) is 5.75 Å². The Hall–Kier alpha value is -4.18. The van der Waals surface area contributed by atoms with E-state index in [1.54, 1.807) is 23.8 Å². The van der Waals surface area contributed by atoms with E-state index in [4.69, 9.17) is 4.74 Å². The summed E-state index contributed by atoms with van der Waals surface area (Å²) in [5.41, 5.74) is 1.03. The van der Waals surface area contributed by atoms with Gasteiger partial charge in [0.15, 0.2) is 11.2 Å². The lowest BCUT2D eigenvalue weighted by molar-refractivity contribution is -0.116. The Morgan fingerprint density at radius 2 is 1.88 bits per heavy atom. The van der Waals surface area contributed by atoms with Crippen LogP contribution in [0, 0.1) is 6.92 Å². The Labute approximate surface area is 194 Å². The second kappa shape index (κ2) is 9.75. The molecule has 2 aromatic carbocycles. The minimum absolute atomic E-state index is 0.102. The van der Waals surface area contributed by atoms with Crippen LogP contribution in [0.25, 0.3) is 11.2 Å². The third-order valence-electron chi connectivity index (χ3n) is 5.43. The number of hydrogen-bond donors (Lipinski definition) is 2. The molecular weight excluding hydrogens is 438 g/mol. The highest BCUT2D eigenvalue weighted by Crippen LogP contribution is 2.23. The van der Waals surface area contributed by atoms with Crippen molar-refractivity contribution in [3.05, 3.63) is 86.8 Å². The van der Waals surface area contributed by atoms with Crippen LogP contribution in [0.4, 0.5) is 5.69 Å². The number of phenolic OH excluding ortho intramolecular Hbond substituents is 1. The summed E-state index contributed by atoms with van der Waals surface area (Å²) >= 11 is 0. The number of imidazole rings is 1. The second-order valence-electron chi connectivity index (χ2n) is 7.92. The van der Waals surface area contributed by atoms with Gasteiger partial charge in [-0.3, -0.25) is 14.2 Å². The van der Waals surface area contributed by atoms with Gasteiger partial charge in [0.25, 0.3) is 5.56 Å². The van der Waals surface area contributed by atoms with Crippen molar-refractivity contribution in [3.63, 3.8) is 0 Å². The molecule has 0 aliphatic rings. The number of aromatic nitrogens is 4. The predicted octanol–water partition coefficient (Wildman–Crippen LogP) is 1.71. The van der Waals surface area contributed by atoms with Crippen LogP contribution in [0.15, 0.2) is 64.4 Å². The van der Waals surface area contributed by atoms with Crippen molar-refractivity contribution in [1.82, 2.24) is 18.7 Å². The second-order valence-corrected chi connectivity index (χ2v) is 7.92. The maximum absolute atomic E-state index is 13.4. The summed E-state index contributed by atoms with van der Waals surface area (Å²) in [4.78, 5) is 43.7. The van der Waals surface area contributed by atoms with E-state index in [2.05, 4.69) is 10.3 Å². The molecule has 0 radical (unpaired) electrons. The summed E-state index contributed by atoms with van der Waals surface area (Å²) in [6.45, 7) is 2.16. The number of rotatable bonds is 8. The van der Waals surface area contributed by atoms with Crippen molar-refractivity contribution in [1.29, 1.82) is 0 Å². The number of phenols is 1. The third kappa shape index (κ3) is 4.62. The summed E-state index contributed by atoms with van der Waals surface area (Å²) in [7, 11) is 1.55. The molecule has 0 aliphatic heterocycles. The SMILES string of the molecule is COCCn1cnc2c1c(=O)n(CC(=O)Nc1ccc(C)cc1O)c(=O)n2Cc1ccccc1. The van der Waals surface area contributed by atoms with Gasteiger partial charge >= 0.3 is 5.69 Å². The maximum Gasteiger partial charge on any atom is 0.333 e. The lowest BCUT2D eigenvalue weighted by Crippen LogP contribution is -2.43. The number of methoxy groups -OCH3 is 1. The maximum atomic E-state index is 13.4. The molecule has 4 aromatic rings. The molecule has 4 rings (SSSR count). The fraction of sp³-hybridized carbons (Fsp3) is 0.250. The highest BCUT2D eigenvalue weighted by molar-refractivity contribution is 5.92. The fourth-order valence-corrected chi connectivity index (χ4v) is 3.73. The van der Waals surface area contributed by atoms with Gasteiger partial charge < -0.3 is 19.7 Å². The number of nitrogens with one attached hydrogen (secondary N) is 1. The fourth-order valence-electron chi connectivity index (χ4n) is 3.73. The van der Waals surface area contributed by atoms with E-state index in [-0.39, 0.29) is 29.1 Å². The number of nitrogens with zero attached hydrogens (tertiary/aromatic N) is 4. The lowest BCUT2D eigenvalue weighted by atomic mass is 10.2. The number of carbonyl (C=O) groups excluding carboxylic acids is 1. The number of anilines is 1. The van der Waals surface area contributed by atoms with E-state index in [1.165, 1.54) is 17.0 Å². The summed E-state index contributed by atoms with van der Waals surface area (Å²) in [5, 5.41) is 12.6. The van der Waals surface area contributed by atoms with Crippen LogP contribution in [0.5, 0.6) is 5.75 Å². The average Bonchev–Trinajstić information content (AvgIpc) is 3.24. The molecule has 2 N–H and O–H groups in total. The van der Waals surface area contributed by atoms with E-state index in [0.717, 1.165) is 15.7 Å². The summed E-state index contributed by atoms with van der Waals surface area (Å²) in [6, 6.07) is 14.1. The third-order valence-corrected chi connectivity index (χ3v) is 5.43. The minimum Gasteiger partial charge on any atom is -0.506 e. The average molecular weight is 463 g/mol. The van der Waals surface area contributed by atoms with Crippen LogP contribution < -0.4 is 16.6 Å². The molecule has 2 aromatic heterocycles. The quantitative estimate of drug-likeness (QED) is 0.384. The smallest absolute Gasteiger partial charge is 0.333 e. The topological polar surface area (TPSA) is 120 Å². The molecule has 0 saturated heterocycles. The predicted molar refractivity (Wildman–Crippen MR) is 127 cm³/mol. The van der Waals surface area contributed by atoms with Crippen molar-refractivity contribution >= 4 is 22.8 Å². The first-order chi connectivity index (χ1) is 16.4. The number of aromatic hydroxyl groups is 1. The van der Waals surface area contributed by atoms with E-state index < -0.39 is 23.7 Å². The molecule has 10 heteroatoms. The normalized spacial score (nSPS) is 11.1. The first-order valence-electron chi connectivity index (χ1n) is 10.7. The van der Waals surface area contributed by atoms with Crippen LogP contribution in [0.1, 0.15) is 11.1 Å². The standard InChI is InChI=1S/C24H25N5O5/c1-16-8-9-18(19(30)12-16)26-20(31)14-29-23(32)21-22(25-15-27(21)10-11-34-2)28(24(29)33)13-17-6-4-3-5-7-17/h3-9,12,15,30H,10-11,13-14H2,1-2H3,(H,26,31). The highest BCUT2D eigenvalue weighted by atomic mass is 16.5. The Kier molecular flexibility index (Phi) is 6.60. The van der Waals surface area contributed by atoms with Gasteiger partial charge in [-0.15, -0.1) is 0 Å². The molecule has 2 heterocycles. The summed E-state index contributed by atoms with van der Waals surface area (Å²) in [6.07, 6.45) is 1.49. The minimum atomic E-state index is -0.651. The molecule has 34 heavy (non-hydrogen) atoms. The van der Waals surface area contributed by atoms with Gasteiger partial charge in [-0.25, -0.2) is 14.3 Å². The molecule has 0 bridgehead atoms. The molecule has 0 aliphatic carbocycles.